The number of aromatic nitrogens is 2. The first-order valence-electron chi connectivity index (χ1n) is 8.51. The van der Waals surface area contributed by atoms with Crippen molar-refractivity contribution in [2.45, 2.75) is 45.1 Å². The molecule has 0 N–H and O–H groups in total. The summed E-state index contributed by atoms with van der Waals surface area (Å²) in [6, 6.07) is 7.52. The van der Waals surface area contributed by atoms with Crippen LogP contribution in [0.4, 0.5) is 10.5 Å². The van der Waals surface area contributed by atoms with Gasteiger partial charge in [0, 0.05) is 17.1 Å². The fourth-order valence-electron chi connectivity index (χ4n) is 2.95. The Hall–Kier alpha value is -2.37. The molecule has 0 aliphatic carbocycles. The molecule has 1 amide bonds. The van der Waals surface area contributed by atoms with Crippen LogP contribution >= 0.6 is 0 Å². The summed E-state index contributed by atoms with van der Waals surface area (Å²) in [5.74, 6) is 0.475. The third-order valence-electron chi connectivity index (χ3n) is 4.32. The highest BCUT2D eigenvalue weighted by Crippen LogP contribution is 2.27. The Morgan fingerprint density at radius 2 is 2.12 bits per heavy atom. The number of cyclic esters (lactones) is 1. The third kappa shape index (κ3) is 3.58. The molecule has 0 spiro atoms. The summed E-state index contributed by atoms with van der Waals surface area (Å²) in [4.78, 5) is 13.8. The quantitative estimate of drug-likeness (QED) is 0.720. The molecule has 2 heterocycles. The molecule has 6 nitrogen and oxygen atoms in total. The van der Waals surface area contributed by atoms with Crippen LogP contribution in [-0.2, 0) is 4.74 Å². The molecule has 3 rings (SSSR count). The molecular weight excluding hydrogens is 306 g/mol. The number of fused-ring (bicyclic) bond motifs is 1. The maximum atomic E-state index is 12.2. The number of anilines is 1. The van der Waals surface area contributed by atoms with E-state index in [-0.39, 0.29) is 12.2 Å². The van der Waals surface area contributed by atoms with Gasteiger partial charge in [0.15, 0.2) is 0 Å². The van der Waals surface area contributed by atoms with Crippen molar-refractivity contribution in [3.63, 3.8) is 0 Å². The number of carbonyl (C=O) groups excluding carboxylic acids is 1. The van der Waals surface area contributed by atoms with Gasteiger partial charge >= 0.3 is 6.09 Å². The van der Waals surface area contributed by atoms with Crippen LogP contribution in [0.25, 0.3) is 10.9 Å². The predicted molar refractivity (Wildman–Crippen MR) is 92.5 cm³/mol. The van der Waals surface area contributed by atoms with E-state index in [1.807, 2.05) is 24.3 Å². The van der Waals surface area contributed by atoms with Crippen LogP contribution in [0.5, 0.6) is 5.88 Å². The van der Waals surface area contributed by atoms with Crippen LogP contribution in [0, 0.1) is 0 Å². The fourth-order valence-corrected chi connectivity index (χ4v) is 2.95. The molecule has 1 aliphatic heterocycles. The number of unbranched alkanes of at least 4 members (excludes halogenated alkanes) is 3. The van der Waals surface area contributed by atoms with Crippen LogP contribution in [0.1, 0.15) is 39.0 Å². The number of amides is 1. The molecule has 0 saturated carbocycles. The van der Waals surface area contributed by atoms with Crippen molar-refractivity contribution >= 4 is 22.7 Å². The van der Waals surface area contributed by atoms with Gasteiger partial charge in [-0.15, -0.1) is 10.2 Å². The first-order chi connectivity index (χ1) is 11.7. The second kappa shape index (κ2) is 7.47. The van der Waals surface area contributed by atoms with Gasteiger partial charge in [-0.05, 0) is 25.0 Å². The zero-order valence-electron chi connectivity index (χ0n) is 14.2. The SMILES string of the molecule is CCCCCCC1CN(c2ccc3cc(OC)nnc3c2)C(=O)O1. The Morgan fingerprint density at radius 1 is 1.25 bits per heavy atom. The second-order valence-corrected chi connectivity index (χ2v) is 6.10. The standard InChI is InChI=1S/C18H23N3O3/c1-3-4-5-6-7-15-12-21(18(22)24-15)14-9-8-13-10-17(23-2)20-19-16(13)11-14/h8-11,15H,3-7,12H2,1-2H3. The lowest BCUT2D eigenvalue weighted by Crippen LogP contribution is -2.24. The minimum Gasteiger partial charge on any atom is -0.480 e. The van der Waals surface area contributed by atoms with Crippen LogP contribution in [-0.4, -0.2) is 36.0 Å². The van der Waals surface area contributed by atoms with Gasteiger partial charge in [-0.2, -0.15) is 0 Å². The topological polar surface area (TPSA) is 64.5 Å². The highest BCUT2D eigenvalue weighted by molar-refractivity contribution is 5.93. The molecule has 2 aromatic rings. The van der Waals surface area contributed by atoms with Gasteiger partial charge in [-0.1, -0.05) is 32.3 Å². The van der Waals surface area contributed by atoms with Crippen LogP contribution < -0.4 is 9.64 Å². The minimum atomic E-state index is -0.281. The summed E-state index contributed by atoms with van der Waals surface area (Å²) in [7, 11) is 1.56. The molecule has 1 saturated heterocycles. The number of carbonyl (C=O) groups is 1. The van der Waals surface area contributed by atoms with E-state index in [0.717, 1.165) is 29.4 Å². The number of nitrogens with zero attached hydrogens (tertiary/aromatic N) is 3. The monoisotopic (exact) mass is 329 g/mol. The number of ether oxygens (including phenoxy) is 2. The zero-order valence-corrected chi connectivity index (χ0v) is 14.2. The van der Waals surface area contributed by atoms with Gasteiger partial charge < -0.3 is 9.47 Å². The van der Waals surface area contributed by atoms with E-state index in [2.05, 4.69) is 17.1 Å². The number of benzene rings is 1. The smallest absolute Gasteiger partial charge is 0.414 e. The maximum Gasteiger partial charge on any atom is 0.414 e. The van der Waals surface area contributed by atoms with E-state index in [1.165, 1.54) is 19.3 Å². The Kier molecular flexibility index (Phi) is 5.13. The average Bonchev–Trinajstić information content (AvgIpc) is 2.98. The lowest BCUT2D eigenvalue weighted by Gasteiger charge is -2.13. The highest BCUT2D eigenvalue weighted by Gasteiger charge is 2.32. The largest absolute Gasteiger partial charge is 0.480 e. The summed E-state index contributed by atoms with van der Waals surface area (Å²) < 4.78 is 10.6. The van der Waals surface area contributed by atoms with E-state index >= 15 is 0 Å². The zero-order chi connectivity index (χ0) is 16.9. The lowest BCUT2D eigenvalue weighted by molar-refractivity contribution is 0.135. The van der Waals surface area contributed by atoms with Crippen molar-refractivity contribution in [3.8, 4) is 5.88 Å². The Balaban J connectivity index is 1.69. The summed E-state index contributed by atoms with van der Waals surface area (Å²) in [6.45, 7) is 2.79. The number of rotatable bonds is 7. The lowest BCUT2D eigenvalue weighted by atomic mass is 10.1. The summed E-state index contributed by atoms with van der Waals surface area (Å²) in [6.07, 6.45) is 5.35. The van der Waals surface area contributed by atoms with E-state index in [9.17, 15) is 4.79 Å². The van der Waals surface area contributed by atoms with Gasteiger partial charge in [0.2, 0.25) is 5.88 Å². The summed E-state index contributed by atoms with van der Waals surface area (Å²) in [5.41, 5.74) is 1.52. The van der Waals surface area contributed by atoms with E-state index in [1.54, 1.807) is 12.0 Å². The molecule has 1 aromatic heterocycles. The minimum absolute atomic E-state index is 0.0213. The molecule has 1 atom stereocenters. The third-order valence-corrected chi connectivity index (χ3v) is 4.32. The molecule has 1 aromatic carbocycles. The van der Waals surface area contributed by atoms with Gasteiger partial charge in [0.1, 0.15) is 6.10 Å². The average molecular weight is 329 g/mol. The summed E-state index contributed by atoms with van der Waals surface area (Å²) in [5, 5.41) is 9.05. The first-order valence-corrected chi connectivity index (χ1v) is 8.51. The molecule has 0 bridgehead atoms. The van der Waals surface area contributed by atoms with Crippen LogP contribution in [0.15, 0.2) is 24.3 Å². The Bertz CT molecular complexity index is 720. The molecule has 1 fully saturated rings. The first kappa shape index (κ1) is 16.5. The van der Waals surface area contributed by atoms with Crippen molar-refractivity contribution in [1.29, 1.82) is 0 Å². The molecule has 1 aliphatic rings. The van der Waals surface area contributed by atoms with Crippen LogP contribution in [0.2, 0.25) is 0 Å². The van der Waals surface area contributed by atoms with Crippen molar-refractivity contribution < 1.29 is 14.3 Å². The van der Waals surface area contributed by atoms with Crippen molar-refractivity contribution in [2.75, 3.05) is 18.6 Å². The molecule has 0 radical (unpaired) electrons. The summed E-state index contributed by atoms with van der Waals surface area (Å²) >= 11 is 0. The molecule has 1 unspecified atom stereocenters. The maximum absolute atomic E-state index is 12.2. The van der Waals surface area contributed by atoms with E-state index in [0.29, 0.717) is 12.4 Å². The Morgan fingerprint density at radius 3 is 2.92 bits per heavy atom. The number of hydrogen-bond acceptors (Lipinski definition) is 5. The molecule has 24 heavy (non-hydrogen) atoms. The number of methoxy groups -OCH3 is 1. The van der Waals surface area contributed by atoms with Crippen molar-refractivity contribution in [2.24, 2.45) is 0 Å². The predicted octanol–water partition coefficient (Wildman–Crippen LogP) is 3.93. The van der Waals surface area contributed by atoms with Gasteiger partial charge in [-0.25, -0.2) is 4.79 Å². The van der Waals surface area contributed by atoms with Crippen LogP contribution in [0.3, 0.4) is 0 Å². The van der Waals surface area contributed by atoms with Gasteiger partial charge in [0.05, 0.1) is 19.2 Å². The van der Waals surface area contributed by atoms with Crippen molar-refractivity contribution in [1.82, 2.24) is 10.2 Å². The Labute approximate surface area is 141 Å². The molecule has 6 heteroatoms. The molecular formula is C18H23N3O3. The van der Waals surface area contributed by atoms with E-state index < -0.39 is 0 Å². The molecule has 128 valence electrons. The van der Waals surface area contributed by atoms with Gasteiger partial charge in [0.25, 0.3) is 0 Å². The highest BCUT2D eigenvalue weighted by atomic mass is 16.6. The normalized spacial score (nSPS) is 17.3. The second-order valence-electron chi connectivity index (χ2n) is 6.10. The van der Waals surface area contributed by atoms with Crippen molar-refractivity contribution in [3.05, 3.63) is 24.3 Å². The van der Waals surface area contributed by atoms with Gasteiger partial charge in [-0.3, -0.25) is 4.90 Å². The van der Waals surface area contributed by atoms with E-state index in [4.69, 9.17) is 9.47 Å². The number of hydrogen-bond donors (Lipinski definition) is 0. The fraction of sp³-hybridized carbons (Fsp3) is 0.500.